The van der Waals surface area contributed by atoms with Gasteiger partial charge in [0.25, 0.3) is 10.0 Å². The van der Waals surface area contributed by atoms with Crippen LogP contribution in [0.25, 0.3) is 0 Å². The van der Waals surface area contributed by atoms with Crippen molar-refractivity contribution in [2.45, 2.75) is 30.9 Å². The molecule has 0 aliphatic carbocycles. The number of thioether (sulfide) groups is 1. The van der Waals surface area contributed by atoms with E-state index in [4.69, 9.17) is 11.6 Å². The highest BCUT2D eigenvalue weighted by atomic mass is 35.5. The molecule has 0 radical (unpaired) electrons. The van der Waals surface area contributed by atoms with Crippen LogP contribution in [0.2, 0.25) is 5.02 Å². The van der Waals surface area contributed by atoms with Crippen LogP contribution in [-0.4, -0.2) is 33.2 Å². The summed E-state index contributed by atoms with van der Waals surface area (Å²) in [7, 11) is -3.90. The van der Waals surface area contributed by atoms with Crippen LogP contribution in [-0.2, 0) is 20.6 Å². The second-order valence-electron chi connectivity index (χ2n) is 8.05. The molecule has 0 aromatic heterocycles. The molecule has 3 rings (SSSR count). The molecule has 1 amide bonds. The third-order valence-electron chi connectivity index (χ3n) is 5.16. The van der Waals surface area contributed by atoms with Crippen LogP contribution in [0.4, 0.5) is 5.69 Å². The minimum atomic E-state index is -3.90. The first-order chi connectivity index (χ1) is 16.3. The van der Waals surface area contributed by atoms with Gasteiger partial charge in [-0.15, -0.1) is 0 Å². The number of benzene rings is 3. The van der Waals surface area contributed by atoms with Crippen molar-refractivity contribution in [2.24, 2.45) is 0 Å². The van der Waals surface area contributed by atoms with Gasteiger partial charge in [-0.3, -0.25) is 9.10 Å². The lowest BCUT2D eigenvalue weighted by Gasteiger charge is -2.24. The number of nitrogens with zero attached hydrogens (tertiary/aromatic N) is 1. The van der Waals surface area contributed by atoms with Crippen LogP contribution in [0.5, 0.6) is 0 Å². The second-order valence-corrected chi connectivity index (χ2v) is 11.5. The molecule has 0 aliphatic heterocycles. The minimum Gasteiger partial charge on any atom is -0.354 e. The van der Waals surface area contributed by atoms with E-state index < -0.39 is 10.0 Å². The van der Waals surface area contributed by atoms with E-state index >= 15 is 0 Å². The molecule has 0 spiro atoms. The topological polar surface area (TPSA) is 66.5 Å². The van der Waals surface area contributed by atoms with Crippen LogP contribution in [0, 0.1) is 13.8 Å². The van der Waals surface area contributed by atoms with Crippen molar-refractivity contribution in [1.29, 1.82) is 0 Å². The number of sulfonamides is 1. The van der Waals surface area contributed by atoms with Gasteiger partial charge in [-0.25, -0.2) is 8.42 Å². The van der Waals surface area contributed by atoms with Gasteiger partial charge in [-0.05, 0) is 73.5 Å². The average Bonchev–Trinajstić information content (AvgIpc) is 2.81. The second kappa shape index (κ2) is 12.3. The Hall–Kier alpha value is -2.48. The van der Waals surface area contributed by atoms with Crippen LogP contribution in [0.3, 0.4) is 0 Å². The normalized spacial score (nSPS) is 11.3. The summed E-state index contributed by atoms with van der Waals surface area (Å²) in [5.74, 6) is 1.42. The van der Waals surface area contributed by atoms with Gasteiger partial charge in [0.05, 0.1) is 10.6 Å². The third-order valence-corrected chi connectivity index (χ3v) is 8.31. The molecule has 0 aliphatic rings. The average molecular weight is 517 g/mol. The summed E-state index contributed by atoms with van der Waals surface area (Å²) in [6.07, 6.45) is 0.791. The summed E-state index contributed by atoms with van der Waals surface area (Å²) < 4.78 is 28.0. The number of aryl methyl sites for hydroxylation is 2. The molecule has 0 atom stereocenters. The monoisotopic (exact) mass is 516 g/mol. The summed E-state index contributed by atoms with van der Waals surface area (Å²) in [6, 6.07) is 21.6. The molecule has 3 aromatic rings. The number of rotatable bonds is 11. The number of nitrogens with one attached hydrogen (secondary N) is 1. The quantitative estimate of drug-likeness (QED) is 0.337. The maximum atomic E-state index is 13.4. The lowest BCUT2D eigenvalue weighted by molar-refractivity contribution is -0.119. The largest absolute Gasteiger partial charge is 0.354 e. The predicted octanol–water partition coefficient (Wildman–Crippen LogP) is 5.59. The lowest BCUT2D eigenvalue weighted by Crippen LogP contribution is -2.41. The van der Waals surface area contributed by atoms with E-state index in [1.54, 1.807) is 54.2 Å². The first-order valence-corrected chi connectivity index (χ1v) is 14.0. The Labute approximate surface area is 211 Å². The zero-order valence-electron chi connectivity index (χ0n) is 19.3. The Kier molecular flexibility index (Phi) is 9.45. The van der Waals surface area contributed by atoms with Crippen LogP contribution in [0.1, 0.15) is 23.1 Å². The molecule has 0 saturated carbocycles. The van der Waals surface area contributed by atoms with Crippen molar-refractivity contribution in [3.8, 4) is 0 Å². The Morgan fingerprint density at radius 2 is 1.68 bits per heavy atom. The Morgan fingerprint density at radius 3 is 2.35 bits per heavy atom. The molecule has 0 heterocycles. The fourth-order valence-corrected chi connectivity index (χ4v) is 5.75. The van der Waals surface area contributed by atoms with E-state index in [0.29, 0.717) is 12.2 Å². The standard InChI is InChI=1S/C26H29ClN2O3S2/c1-20-7-13-25(14-8-20)34(31,32)29(24-6-3-5-21(2)17-24)18-26(30)28-15-4-16-33-19-22-9-11-23(27)12-10-22/h3,5-14,17H,4,15-16,18-19H2,1-2H3,(H,28,30). The zero-order chi connectivity index (χ0) is 24.6. The summed E-state index contributed by atoms with van der Waals surface area (Å²) in [6.45, 7) is 3.99. The molecule has 1 N–H and O–H groups in total. The van der Waals surface area contributed by atoms with E-state index in [0.717, 1.165) is 34.1 Å². The van der Waals surface area contributed by atoms with E-state index in [-0.39, 0.29) is 17.3 Å². The smallest absolute Gasteiger partial charge is 0.264 e. The fourth-order valence-electron chi connectivity index (χ4n) is 3.29. The van der Waals surface area contributed by atoms with Gasteiger partial charge in [0.15, 0.2) is 0 Å². The molecule has 0 saturated heterocycles. The number of amides is 1. The van der Waals surface area contributed by atoms with Crippen LogP contribution >= 0.6 is 23.4 Å². The van der Waals surface area contributed by atoms with Crippen molar-refractivity contribution < 1.29 is 13.2 Å². The summed E-state index contributed by atoms with van der Waals surface area (Å²) in [4.78, 5) is 12.9. The van der Waals surface area contributed by atoms with Gasteiger partial charge in [0.1, 0.15) is 6.54 Å². The van der Waals surface area contributed by atoms with Gasteiger partial charge in [-0.1, -0.05) is 53.6 Å². The molecule has 0 unspecified atom stereocenters. The maximum Gasteiger partial charge on any atom is 0.264 e. The van der Waals surface area contributed by atoms with E-state index in [1.165, 1.54) is 9.87 Å². The first-order valence-electron chi connectivity index (χ1n) is 11.0. The summed E-state index contributed by atoms with van der Waals surface area (Å²) >= 11 is 7.69. The van der Waals surface area contributed by atoms with E-state index in [2.05, 4.69) is 5.32 Å². The van der Waals surface area contributed by atoms with Crippen LogP contribution < -0.4 is 9.62 Å². The number of hydrogen-bond donors (Lipinski definition) is 1. The predicted molar refractivity (Wildman–Crippen MR) is 142 cm³/mol. The van der Waals surface area contributed by atoms with Crippen molar-refractivity contribution in [1.82, 2.24) is 5.32 Å². The van der Waals surface area contributed by atoms with Crippen molar-refractivity contribution in [3.63, 3.8) is 0 Å². The Bertz CT molecular complexity index is 1200. The summed E-state index contributed by atoms with van der Waals surface area (Å²) in [5.41, 5.74) is 3.55. The number of hydrogen-bond acceptors (Lipinski definition) is 4. The molecule has 180 valence electrons. The van der Waals surface area contributed by atoms with Gasteiger partial charge in [0.2, 0.25) is 5.91 Å². The molecule has 5 nitrogen and oxygen atoms in total. The summed E-state index contributed by atoms with van der Waals surface area (Å²) in [5, 5.41) is 3.58. The van der Waals surface area contributed by atoms with Gasteiger partial charge >= 0.3 is 0 Å². The van der Waals surface area contributed by atoms with Gasteiger partial charge < -0.3 is 5.32 Å². The maximum absolute atomic E-state index is 13.4. The molecule has 34 heavy (non-hydrogen) atoms. The Balaban J connectivity index is 1.58. The zero-order valence-corrected chi connectivity index (χ0v) is 21.7. The SMILES string of the molecule is Cc1ccc(S(=O)(=O)N(CC(=O)NCCCSCc2ccc(Cl)cc2)c2cccc(C)c2)cc1. The van der Waals surface area contributed by atoms with Crippen molar-refractivity contribution in [2.75, 3.05) is 23.1 Å². The third kappa shape index (κ3) is 7.52. The number of carbonyl (C=O) groups is 1. The van der Waals surface area contributed by atoms with Crippen molar-refractivity contribution >= 4 is 45.0 Å². The van der Waals surface area contributed by atoms with Gasteiger partial charge in [-0.2, -0.15) is 11.8 Å². The molecule has 8 heteroatoms. The van der Waals surface area contributed by atoms with Gasteiger partial charge in [0, 0.05) is 17.3 Å². The lowest BCUT2D eigenvalue weighted by atomic mass is 10.2. The Morgan fingerprint density at radius 1 is 0.971 bits per heavy atom. The highest BCUT2D eigenvalue weighted by molar-refractivity contribution is 7.98. The van der Waals surface area contributed by atoms with E-state index in [9.17, 15) is 13.2 Å². The number of anilines is 1. The molecular formula is C26H29ClN2O3S2. The molecule has 0 fully saturated rings. The highest BCUT2D eigenvalue weighted by Gasteiger charge is 2.27. The highest BCUT2D eigenvalue weighted by Crippen LogP contribution is 2.24. The van der Waals surface area contributed by atoms with E-state index in [1.807, 2.05) is 44.2 Å². The first kappa shape index (κ1) is 26.1. The van der Waals surface area contributed by atoms with Crippen molar-refractivity contribution in [3.05, 3.63) is 94.5 Å². The fraction of sp³-hybridized carbons (Fsp3) is 0.269. The molecule has 0 bridgehead atoms. The molecule has 3 aromatic carbocycles. The van der Waals surface area contributed by atoms with Crippen LogP contribution in [0.15, 0.2) is 77.7 Å². The number of carbonyl (C=O) groups excluding carboxylic acids is 1. The minimum absolute atomic E-state index is 0.158. The molecular weight excluding hydrogens is 488 g/mol. The number of halogens is 1.